The average Bonchev–Trinajstić information content (AvgIpc) is 3.18. The van der Waals surface area contributed by atoms with Gasteiger partial charge in [-0.25, -0.2) is 4.98 Å². The van der Waals surface area contributed by atoms with Crippen LogP contribution in [0, 0.1) is 13.8 Å². The molecule has 0 amide bonds. The van der Waals surface area contributed by atoms with Crippen molar-refractivity contribution in [3.63, 3.8) is 0 Å². The summed E-state index contributed by atoms with van der Waals surface area (Å²) in [5, 5.41) is 9.41. The van der Waals surface area contributed by atoms with E-state index in [-0.39, 0.29) is 6.61 Å². The maximum absolute atomic E-state index is 9.41. The summed E-state index contributed by atoms with van der Waals surface area (Å²) in [6.45, 7) is 4.75. The second-order valence-electron chi connectivity index (χ2n) is 6.40. The number of furan rings is 1. The van der Waals surface area contributed by atoms with Crippen molar-refractivity contribution in [2.24, 2.45) is 0 Å². The number of aliphatic hydroxyl groups is 1. The van der Waals surface area contributed by atoms with Crippen molar-refractivity contribution < 1.29 is 9.52 Å². The molecule has 0 saturated heterocycles. The van der Waals surface area contributed by atoms with Crippen LogP contribution in [0.2, 0.25) is 0 Å². The lowest BCUT2D eigenvalue weighted by atomic mass is 10.1. The van der Waals surface area contributed by atoms with Gasteiger partial charge in [0.2, 0.25) is 0 Å². The van der Waals surface area contributed by atoms with Gasteiger partial charge in [0.15, 0.2) is 11.6 Å². The first-order valence-electron chi connectivity index (χ1n) is 8.36. The van der Waals surface area contributed by atoms with Crippen LogP contribution >= 0.6 is 0 Å². The number of imidazole rings is 1. The lowest BCUT2D eigenvalue weighted by molar-refractivity contribution is 0.282. The molecule has 0 fully saturated rings. The number of rotatable bonds is 4. The zero-order valence-electron chi connectivity index (χ0n) is 14.4. The summed E-state index contributed by atoms with van der Waals surface area (Å²) in [5.74, 6) is 2.42. The summed E-state index contributed by atoms with van der Waals surface area (Å²) in [6.07, 6.45) is 0. The molecule has 0 saturated carbocycles. The van der Waals surface area contributed by atoms with Gasteiger partial charge in [-0.2, -0.15) is 0 Å². The van der Waals surface area contributed by atoms with Gasteiger partial charge in [-0.1, -0.05) is 35.9 Å². The molecule has 2 heterocycles. The highest BCUT2D eigenvalue weighted by molar-refractivity contribution is 5.80. The number of benzene rings is 2. The maximum Gasteiger partial charge on any atom is 0.177 e. The quantitative estimate of drug-likeness (QED) is 0.600. The Balaban J connectivity index is 1.89. The summed E-state index contributed by atoms with van der Waals surface area (Å²) in [6, 6.07) is 18.3. The van der Waals surface area contributed by atoms with Crippen molar-refractivity contribution in [1.82, 2.24) is 9.55 Å². The first-order valence-corrected chi connectivity index (χ1v) is 8.36. The second kappa shape index (κ2) is 6.22. The van der Waals surface area contributed by atoms with Gasteiger partial charge in [0.1, 0.15) is 5.76 Å². The molecule has 0 radical (unpaired) electrons. The average molecular weight is 332 g/mol. The molecule has 0 aliphatic rings. The molecule has 4 nitrogen and oxygen atoms in total. The predicted molar refractivity (Wildman–Crippen MR) is 98.4 cm³/mol. The van der Waals surface area contributed by atoms with Crippen LogP contribution in [0.5, 0.6) is 0 Å². The van der Waals surface area contributed by atoms with Gasteiger partial charge in [0, 0.05) is 6.54 Å². The maximum atomic E-state index is 9.41. The summed E-state index contributed by atoms with van der Waals surface area (Å²) in [5.41, 5.74) is 5.20. The van der Waals surface area contributed by atoms with Gasteiger partial charge in [-0.15, -0.1) is 0 Å². The molecule has 4 heteroatoms. The van der Waals surface area contributed by atoms with Crippen molar-refractivity contribution in [3.8, 4) is 11.6 Å². The molecule has 0 aliphatic carbocycles. The summed E-state index contributed by atoms with van der Waals surface area (Å²) in [4.78, 5) is 4.78. The molecule has 2 aromatic carbocycles. The Bertz CT molecular complexity index is 1040. The number of aliphatic hydroxyl groups excluding tert-OH is 1. The zero-order chi connectivity index (χ0) is 17.4. The van der Waals surface area contributed by atoms with Crippen LogP contribution in [-0.4, -0.2) is 14.7 Å². The van der Waals surface area contributed by atoms with Crippen LogP contribution < -0.4 is 0 Å². The molecule has 4 aromatic rings. The lowest BCUT2D eigenvalue weighted by Crippen LogP contribution is -2.02. The van der Waals surface area contributed by atoms with Gasteiger partial charge < -0.3 is 14.1 Å². The Kier molecular flexibility index (Phi) is 3.90. The minimum absolute atomic E-state index is 0.00980. The topological polar surface area (TPSA) is 51.2 Å². The summed E-state index contributed by atoms with van der Waals surface area (Å²) in [7, 11) is 0. The Morgan fingerprint density at radius 3 is 2.60 bits per heavy atom. The molecule has 2 aromatic heterocycles. The lowest BCUT2D eigenvalue weighted by Gasteiger charge is -2.09. The van der Waals surface area contributed by atoms with Crippen molar-refractivity contribution in [1.29, 1.82) is 0 Å². The normalized spacial score (nSPS) is 11.3. The van der Waals surface area contributed by atoms with Crippen LogP contribution in [0.15, 0.2) is 59.0 Å². The molecule has 0 bridgehead atoms. The fraction of sp³-hybridized carbons (Fsp3) is 0.190. The van der Waals surface area contributed by atoms with E-state index in [0.717, 1.165) is 33.9 Å². The Labute approximate surface area is 146 Å². The standard InChI is InChI=1S/C21H20N2O2/c1-14-4-3-5-16(10-14)12-23-19-8-7-17(13-24)11-18(19)22-21(23)20-9-6-15(2)25-20/h3-11,24H,12-13H2,1-2H3. The van der Waals surface area contributed by atoms with Gasteiger partial charge in [-0.05, 0) is 49.2 Å². The Hall–Kier alpha value is -2.85. The predicted octanol–water partition coefficient (Wildman–Crippen LogP) is 4.45. The highest BCUT2D eigenvalue weighted by Gasteiger charge is 2.16. The smallest absolute Gasteiger partial charge is 0.177 e. The van der Waals surface area contributed by atoms with Crippen molar-refractivity contribution in [2.75, 3.05) is 0 Å². The van der Waals surface area contributed by atoms with E-state index in [1.165, 1.54) is 11.1 Å². The van der Waals surface area contributed by atoms with Crippen molar-refractivity contribution >= 4 is 11.0 Å². The van der Waals surface area contributed by atoms with E-state index in [0.29, 0.717) is 6.54 Å². The SMILES string of the molecule is Cc1cccc(Cn2c(-c3ccc(C)o3)nc3cc(CO)ccc32)c1. The minimum Gasteiger partial charge on any atom is -0.458 e. The number of hydrogen-bond acceptors (Lipinski definition) is 3. The molecular weight excluding hydrogens is 312 g/mol. The minimum atomic E-state index is 0.00980. The van der Waals surface area contributed by atoms with Crippen LogP contribution in [0.3, 0.4) is 0 Å². The van der Waals surface area contributed by atoms with E-state index in [2.05, 4.69) is 35.8 Å². The molecule has 0 spiro atoms. The molecule has 1 N–H and O–H groups in total. The van der Waals surface area contributed by atoms with Gasteiger partial charge in [-0.3, -0.25) is 0 Å². The van der Waals surface area contributed by atoms with E-state index in [1.54, 1.807) is 0 Å². The van der Waals surface area contributed by atoms with E-state index in [1.807, 2.05) is 37.3 Å². The Morgan fingerprint density at radius 1 is 1.00 bits per heavy atom. The zero-order valence-corrected chi connectivity index (χ0v) is 14.4. The molecule has 25 heavy (non-hydrogen) atoms. The number of aromatic nitrogens is 2. The van der Waals surface area contributed by atoms with E-state index >= 15 is 0 Å². The van der Waals surface area contributed by atoms with Crippen LogP contribution in [0.25, 0.3) is 22.6 Å². The molecule has 4 rings (SSSR count). The van der Waals surface area contributed by atoms with Crippen LogP contribution in [-0.2, 0) is 13.2 Å². The van der Waals surface area contributed by atoms with Gasteiger partial charge >= 0.3 is 0 Å². The van der Waals surface area contributed by atoms with Gasteiger partial charge in [0.05, 0.1) is 17.6 Å². The molecular formula is C21H20N2O2. The second-order valence-corrected chi connectivity index (χ2v) is 6.40. The first kappa shape index (κ1) is 15.7. The third-order valence-corrected chi connectivity index (χ3v) is 4.38. The summed E-state index contributed by atoms with van der Waals surface area (Å²) < 4.78 is 8.00. The highest BCUT2D eigenvalue weighted by atomic mass is 16.3. The molecule has 126 valence electrons. The van der Waals surface area contributed by atoms with E-state index < -0.39 is 0 Å². The number of hydrogen-bond donors (Lipinski definition) is 1. The Morgan fingerprint density at radius 2 is 1.88 bits per heavy atom. The summed E-state index contributed by atoms with van der Waals surface area (Å²) >= 11 is 0. The number of nitrogens with zero attached hydrogens (tertiary/aromatic N) is 2. The molecule has 0 atom stereocenters. The van der Waals surface area contributed by atoms with Crippen LogP contribution in [0.4, 0.5) is 0 Å². The van der Waals surface area contributed by atoms with E-state index in [4.69, 9.17) is 9.40 Å². The third kappa shape index (κ3) is 2.96. The van der Waals surface area contributed by atoms with Crippen molar-refractivity contribution in [3.05, 3.63) is 77.0 Å². The molecule has 0 unspecified atom stereocenters. The first-order chi connectivity index (χ1) is 12.1. The van der Waals surface area contributed by atoms with E-state index in [9.17, 15) is 5.11 Å². The number of fused-ring (bicyclic) bond motifs is 1. The third-order valence-electron chi connectivity index (χ3n) is 4.38. The fourth-order valence-corrected chi connectivity index (χ4v) is 3.17. The van der Waals surface area contributed by atoms with Crippen molar-refractivity contribution in [2.45, 2.75) is 27.0 Å². The number of aryl methyl sites for hydroxylation is 2. The van der Waals surface area contributed by atoms with Gasteiger partial charge in [0.25, 0.3) is 0 Å². The largest absolute Gasteiger partial charge is 0.458 e. The highest BCUT2D eigenvalue weighted by Crippen LogP contribution is 2.28. The fourth-order valence-electron chi connectivity index (χ4n) is 3.17. The van der Waals surface area contributed by atoms with Crippen LogP contribution in [0.1, 0.15) is 22.5 Å². The monoisotopic (exact) mass is 332 g/mol. The molecule has 0 aliphatic heterocycles.